The Hall–Kier alpha value is -2.29. The number of ether oxygens (including phenoxy) is 5. The summed E-state index contributed by atoms with van der Waals surface area (Å²) in [5, 5.41) is 14.5. The Bertz CT molecular complexity index is 1040. The Morgan fingerprint density at radius 1 is 1.33 bits per heavy atom. The van der Waals surface area contributed by atoms with Crippen molar-refractivity contribution < 1.29 is 28.3 Å². The van der Waals surface area contributed by atoms with Crippen LogP contribution in [-0.2, 0) is 14.9 Å². The minimum absolute atomic E-state index is 0.0159. The van der Waals surface area contributed by atoms with E-state index in [1.165, 1.54) is 5.57 Å². The standard InChI is InChI=1S/C22H24N2O6/c1-26-4-3-11-8-24(25)15-7-22-17(24)5-12(11)13(15)9-28-21(22)23-14-6-16-19(30-10-29-16)20(27-2)18(14)22/h3,6,12-13,15,17H,4-5,7-10H2,1-2H3. The molecule has 0 saturated carbocycles. The van der Waals surface area contributed by atoms with E-state index >= 15 is 0 Å². The fraction of sp³-hybridized carbons (Fsp3) is 0.591. The topological polar surface area (TPSA) is 81.6 Å². The van der Waals surface area contributed by atoms with E-state index in [2.05, 4.69) is 6.08 Å². The Balaban J connectivity index is 1.44. The molecule has 8 rings (SSSR count). The number of nitrogens with zero attached hydrogens (tertiary/aromatic N) is 2. The van der Waals surface area contributed by atoms with E-state index < -0.39 is 5.41 Å². The van der Waals surface area contributed by atoms with Crippen LogP contribution in [0.1, 0.15) is 18.4 Å². The van der Waals surface area contributed by atoms with Crippen molar-refractivity contribution in [3.8, 4) is 17.2 Å². The Labute approximate surface area is 174 Å². The third kappa shape index (κ3) is 1.75. The summed E-state index contributed by atoms with van der Waals surface area (Å²) in [6.45, 7) is 1.79. The van der Waals surface area contributed by atoms with Crippen LogP contribution in [0.5, 0.6) is 17.2 Å². The van der Waals surface area contributed by atoms with Gasteiger partial charge in [0.25, 0.3) is 0 Å². The molecule has 5 fully saturated rings. The molecule has 7 aliphatic heterocycles. The lowest BCUT2D eigenvalue weighted by molar-refractivity contribution is -0.932. The molecule has 7 heterocycles. The van der Waals surface area contributed by atoms with Crippen LogP contribution in [0, 0.1) is 17.0 Å². The van der Waals surface area contributed by atoms with Gasteiger partial charge in [-0.3, -0.25) is 0 Å². The van der Waals surface area contributed by atoms with Crippen molar-refractivity contribution in [2.75, 3.05) is 40.8 Å². The predicted molar refractivity (Wildman–Crippen MR) is 106 cm³/mol. The van der Waals surface area contributed by atoms with Gasteiger partial charge in [-0.05, 0) is 5.57 Å². The Kier molecular flexibility index (Phi) is 3.18. The zero-order chi connectivity index (χ0) is 20.3. The van der Waals surface area contributed by atoms with Crippen molar-refractivity contribution in [1.29, 1.82) is 0 Å². The molecule has 0 N–H and O–H groups in total. The molecule has 6 unspecified atom stereocenters. The van der Waals surface area contributed by atoms with E-state index in [0.29, 0.717) is 48.8 Å². The fourth-order valence-corrected chi connectivity index (χ4v) is 7.32. The maximum Gasteiger partial charge on any atom is 0.231 e. The predicted octanol–water partition coefficient (Wildman–Crippen LogP) is 2.41. The summed E-state index contributed by atoms with van der Waals surface area (Å²) in [5.74, 6) is 3.17. The molecule has 30 heavy (non-hydrogen) atoms. The number of aliphatic imine (C=N–C) groups is 1. The molecule has 7 aliphatic rings. The summed E-state index contributed by atoms with van der Waals surface area (Å²) in [5.41, 5.74) is 2.43. The van der Waals surface area contributed by atoms with E-state index in [1.807, 2.05) is 6.07 Å². The number of quaternary nitrogens is 1. The average Bonchev–Trinajstić information content (AvgIpc) is 3.31. The van der Waals surface area contributed by atoms with Crippen molar-refractivity contribution in [2.24, 2.45) is 16.8 Å². The molecule has 8 nitrogen and oxygen atoms in total. The first-order chi connectivity index (χ1) is 14.6. The maximum atomic E-state index is 14.5. The molecule has 1 aromatic carbocycles. The lowest BCUT2D eigenvalue weighted by atomic mass is 9.67. The molecule has 5 saturated heterocycles. The van der Waals surface area contributed by atoms with E-state index in [4.69, 9.17) is 28.7 Å². The largest absolute Gasteiger partial charge is 0.632 e. The number of hydroxylamine groups is 3. The van der Waals surface area contributed by atoms with Gasteiger partial charge in [-0.25, -0.2) is 4.99 Å². The smallest absolute Gasteiger partial charge is 0.231 e. The number of methoxy groups -OCH3 is 2. The molecule has 5 bridgehead atoms. The average molecular weight is 412 g/mol. The second kappa shape index (κ2) is 5.49. The molecular weight excluding hydrogens is 388 g/mol. The number of piperidine rings is 3. The highest BCUT2D eigenvalue weighted by molar-refractivity contribution is 6.00. The quantitative estimate of drug-likeness (QED) is 0.431. The fourth-order valence-electron chi connectivity index (χ4n) is 7.32. The van der Waals surface area contributed by atoms with Crippen molar-refractivity contribution in [3.05, 3.63) is 28.5 Å². The van der Waals surface area contributed by atoms with E-state index in [-0.39, 0.29) is 29.4 Å². The van der Waals surface area contributed by atoms with Gasteiger partial charge >= 0.3 is 0 Å². The molecule has 0 radical (unpaired) electrons. The summed E-state index contributed by atoms with van der Waals surface area (Å²) < 4.78 is 28.6. The van der Waals surface area contributed by atoms with E-state index in [9.17, 15) is 5.21 Å². The van der Waals surface area contributed by atoms with Crippen molar-refractivity contribution in [2.45, 2.75) is 30.3 Å². The van der Waals surface area contributed by atoms with Crippen molar-refractivity contribution in [1.82, 2.24) is 0 Å². The van der Waals surface area contributed by atoms with Gasteiger partial charge in [0.05, 0.1) is 38.0 Å². The van der Waals surface area contributed by atoms with Gasteiger partial charge in [-0.1, -0.05) is 6.08 Å². The highest BCUT2D eigenvalue weighted by Crippen LogP contribution is 2.68. The van der Waals surface area contributed by atoms with Crippen LogP contribution < -0.4 is 14.2 Å². The molecule has 158 valence electrons. The van der Waals surface area contributed by atoms with Crippen LogP contribution in [0.15, 0.2) is 22.7 Å². The third-order valence-electron chi connectivity index (χ3n) is 8.36. The zero-order valence-electron chi connectivity index (χ0n) is 17.1. The SMILES string of the molecule is COCC=C1C[N+]2([O-])C3CC45C(=Nc6cc7c(c(OC)c64)OCO7)OCC3C1CC52. The lowest BCUT2D eigenvalue weighted by Crippen LogP contribution is -2.70. The summed E-state index contributed by atoms with van der Waals surface area (Å²) in [7, 11) is 3.34. The first-order valence-corrected chi connectivity index (χ1v) is 10.6. The summed E-state index contributed by atoms with van der Waals surface area (Å²) >= 11 is 0. The normalized spacial score (nSPS) is 42.1. The summed E-state index contributed by atoms with van der Waals surface area (Å²) in [6.07, 6.45) is 3.71. The van der Waals surface area contributed by atoms with E-state index in [0.717, 1.165) is 24.1 Å². The Morgan fingerprint density at radius 2 is 2.23 bits per heavy atom. The third-order valence-corrected chi connectivity index (χ3v) is 8.36. The number of hydrogen-bond acceptors (Lipinski definition) is 7. The monoisotopic (exact) mass is 412 g/mol. The van der Waals surface area contributed by atoms with Gasteiger partial charge in [0.1, 0.15) is 18.0 Å². The van der Waals surface area contributed by atoms with Gasteiger partial charge in [0, 0.05) is 37.5 Å². The first-order valence-electron chi connectivity index (χ1n) is 10.6. The second-order valence-corrected chi connectivity index (χ2v) is 9.28. The van der Waals surface area contributed by atoms with Gasteiger partial charge in [-0.2, -0.15) is 0 Å². The zero-order valence-corrected chi connectivity index (χ0v) is 17.1. The minimum Gasteiger partial charge on any atom is -0.632 e. The molecule has 0 aromatic heterocycles. The van der Waals surface area contributed by atoms with Gasteiger partial charge in [0.2, 0.25) is 18.4 Å². The van der Waals surface area contributed by atoms with Gasteiger partial charge in [-0.15, -0.1) is 0 Å². The van der Waals surface area contributed by atoms with Crippen LogP contribution in [-0.4, -0.2) is 63.4 Å². The molecule has 0 amide bonds. The summed E-state index contributed by atoms with van der Waals surface area (Å²) in [6, 6.07) is 1.80. The molecule has 0 aliphatic carbocycles. The minimum atomic E-state index is -0.551. The second-order valence-electron chi connectivity index (χ2n) is 9.28. The van der Waals surface area contributed by atoms with Crippen LogP contribution >= 0.6 is 0 Å². The van der Waals surface area contributed by atoms with Crippen molar-refractivity contribution in [3.63, 3.8) is 0 Å². The molecule has 8 heteroatoms. The van der Waals surface area contributed by atoms with Gasteiger partial charge < -0.3 is 33.5 Å². The Morgan fingerprint density at radius 3 is 3.07 bits per heavy atom. The van der Waals surface area contributed by atoms with E-state index in [1.54, 1.807) is 14.2 Å². The maximum absolute atomic E-state index is 14.5. The number of hydrogen-bond donors (Lipinski definition) is 0. The molecular formula is C22H24N2O6. The molecule has 1 spiro atoms. The van der Waals surface area contributed by atoms with Crippen molar-refractivity contribution >= 4 is 11.6 Å². The highest BCUT2D eigenvalue weighted by atomic mass is 16.7. The van der Waals surface area contributed by atoms with Gasteiger partial charge in [0.15, 0.2) is 11.5 Å². The summed E-state index contributed by atoms with van der Waals surface area (Å²) in [4.78, 5) is 4.89. The lowest BCUT2D eigenvalue weighted by Gasteiger charge is -2.63. The molecule has 1 aromatic rings. The van der Waals surface area contributed by atoms with Crippen LogP contribution in [0.4, 0.5) is 5.69 Å². The van der Waals surface area contributed by atoms with Crippen LogP contribution in [0.3, 0.4) is 0 Å². The first kappa shape index (κ1) is 17.4. The number of rotatable bonds is 3. The number of benzene rings is 1. The highest BCUT2D eigenvalue weighted by Gasteiger charge is 2.75. The van der Waals surface area contributed by atoms with Crippen LogP contribution in [0.25, 0.3) is 0 Å². The molecule has 6 atom stereocenters. The van der Waals surface area contributed by atoms with Crippen LogP contribution in [0.2, 0.25) is 0 Å². The number of fused-ring (bicyclic) bond motifs is 3.